The van der Waals surface area contributed by atoms with E-state index in [4.69, 9.17) is 4.42 Å². The SMILES string of the molecule is Cc1ccc(C(C)C)c(C(O)c2ccco2)c1. The van der Waals surface area contributed by atoms with Crippen LogP contribution in [0.1, 0.15) is 48.3 Å². The van der Waals surface area contributed by atoms with E-state index >= 15 is 0 Å². The van der Waals surface area contributed by atoms with Crippen LogP contribution in [-0.4, -0.2) is 5.11 Å². The van der Waals surface area contributed by atoms with Gasteiger partial charge in [-0.25, -0.2) is 0 Å². The van der Waals surface area contributed by atoms with Crippen LogP contribution in [0.5, 0.6) is 0 Å². The standard InChI is InChI=1S/C15H18O2/c1-10(2)12-7-6-11(3)9-13(12)15(16)14-5-4-8-17-14/h4-10,15-16H,1-3H3. The van der Waals surface area contributed by atoms with Gasteiger partial charge in [0.15, 0.2) is 0 Å². The molecule has 2 heteroatoms. The average Bonchev–Trinajstić information content (AvgIpc) is 2.80. The summed E-state index contributed by atoms with van der Waals surface area (Å²) in [4.78, 5) is 0. The molecule has 0 aliphatic carbocycles. The van der Waals surface area contributed by atoms with E-state index in [2.05, 4.69) is 26.0 Å². The maximum atomic E-state index is 10.3. The molecule has 1 aromatic carbocycles. The second kappa shape index (κ2) is 4.76. The molecule has 1 unspecified atom stereocenters. The van der Waals surface area contributed by atoms with E-state index in [1.54, 1.807) is 18.4 Å². The molecule has 2 aromatic rings. The van der Waals surface area contributed by atoms with E-state index in [0.29, 0.717) is 11.7 Å². The third kappa shape index (κ3) is 2.42. The first kappa shape index (κ1) is 11.9. The molecule has 90 valence electrons. The molecular formula is C15H18O2. The van der Waals surface area contributed by atoms with Crippen molar-refractivity contribution in [3.05, 3.63) is 59.0 Å². The van der Waals surface area contributed by atoms with Crippen molar-refractivity contribution in [2.45, 2.75) is 32.8 Å². The van der Waals surface area contributed by atoms with Crippen molar-refractivity contribution < 1.29 is 9.52 Å². The van der Waals surface area contributed by atoms with Crippen molar-refractivity contribution in [2.75, 3.05) is 0 Å². The Kier molecular flexibility index (Phi) is 3.34. The number of hydrogen-bond acceptors (Lipinski definition) is 2. The lowest BCUT2D eigenvalue weighted by Crippen LogP contribution is -2.04. The smallest absolute Gasteiger partial charge is 0.137 e. The van der Waals surface area contributed by atoms with E-state index in [9.17, 15) is 5.11 Å². The molecule has 1 N–H and O–H groups in total. The number of furan rings is 1. The van der Waals surface area contributed by atoms with E-state index < -0.39 is 6.10 Å². The number of aliphatic hydroxyl groups is 1. The molecule has 17 heavy (non-hydrogen) atoms. The minimum Gasteiger partial charge on any atom is -0.466 e. The first-order valence-electron chi connectivity index (χ1n) is 5.91. The van der Waals surface area contributed by atoms with E-state index in [-0.39, 0.29) is 0 Å². The van der Waals surface area contributed by atoms with Crippen LogP contribution in [0.2, 0.25) is 0 Å². The Labute approximate surface area is 102 Å². The summed E-state index contributed by atoms with van der Waals surface area (Å²) in [5.41, 5.74) is 3.25. The highest BCUT2D eigenvalue weighted by Gasteiger charge is 2.18. The predicted octanol–water partition coefficient (Wildman–Crippen LogP) is 3.79. The van der Waals surface area contributed by atoms with Gasteiger partial charge in [-0.3, -0.25) is 0 Å². The van der Waals surface area contributed by atoms with Crippen molar-refractivity contribution in [3.8, 4) is 0 Å². The highest BCUT2D eigenvalue weighted by molar-refractivity contribution is 5.38. The zero-order valence-electron chi connectivity index (χ0n) is 10.5. The summed E-state index contributed by atoms with van der Waals surface area (Å²) in [5, 5.41) is 10.3. The normalized spacial score (nSPS) is 13.0. The number of rotatable bonds is 3. The van der Waals surface area contributed by atoms with E-state index in [1.807, 2.05) is 13.0 Å². The van der Waals surface area contributed by atoms with Crippen LogP contribution < -0.4 is 0 Å². The molecule has 0 amide bonds. The molecule has 0 spiro atoms. The number of benzene rings is 1. The number of aryl methyl sites for hydroxylation is 1. The first-order chi connectivity index (χ1) is 8.09. The average molecular weight is 230 g/mol. The van der Waals surface area contributed by atoms with Crippen LogP contribution in [0.4, 0.5) is 0 Å². The zero-order valence-corrected chi connectivity index (χ0v) is 10.5. The molecule has 0 saturated heterocycles. The van der Waals surface area contributed by atoms with Gasteiger partial charge in [-0.15, -0.1) is 0 Å². The summed E-state index contributed by atoms with van der Waals surface area (Å²) < 4.78 is 5.27. The van der Waals surface area contributed by atoms with Gasteiger partial charge in [-0.2, -0.15) is 0 Å². The van der Waals surface area contributed by atoms with Gasteiger partial charge in [0.25, 0.3) is 0 Å². The first-order valence-corrected chi connectivity index (χ1v) is 5.91. The molecule has 0 fully saturated rings. The van der Waals surface area contributed by atoms with Gasteiger partial charge in [0.2, 0.25) is 0 Å². The fourth-order valence-electron chi connectivity index (χ4n) is 2.06. The van der Waals surface area contributed by atoms with Gasteiger partial charge in [0, 0.05) is 0 Å². The Hall–Kier alpha value is -1.54. The monoisotopic (exact) mass is 230 g/mol. The molecular weight excluding hydrogens is 212 g/mol. The van der Waals surface area contributed by atoms with Gasteiger partial charge >= 0.3 is 0 Å². The second-order valence-corrected chi connectivity index (χ2v) is 4.71. The third-order valence-electron chi connectivity index (χ3n) is 2.97. The van der Waals surface area contributed by atoms with Crippen molar-refractivity contribution in [3.63, 3.8) is 0 Å². The Morgan fingerprint density at radius 2 is 1.88 bits per heavy atom. The molecule has 1 atom stereocenters. The summed E-state index contributed by atoms with van der Waals surface area (Å²) in [6.45, 7) is 6.29. The highest BCUT2D eigenvalue weighted by Crippen LogP contribution is 2.30. The highest BCUT2D eigenvalue weighted by atomic mass is 16.4. The molecule has 0 saturated carbocycles. The summed E-state index contributed by atoms with van der Waals surface area (Å²) in [5.74, 6) is 0.979. The van der Waals surface area contributed by atoms with Gasteiger partial charge in [-0.1, -0.05) is 37.6 Å². The molecule has 0 aliphatic heterocycles. The van der Waals surface area contributed by atoms with Crippen LogP contribution in [0.3, 0.4) is 0 Å². The Balaban J connectivity index is 2.46. The van der Waals surface area contributed by atoms with Gasteiger partial charge in [0.05, 0.1) is 6.26 Å². The number of hydrogen-bond donors (Lipinski definition) is 1. The van der Waals surface area contributed by atoms with Crippen LogP contribution >= 0.6 is 0 Å². The van der Waals surface area contributed by atoms with E-state index in [1.165, 1.54) is 5.56 Å². The summed E-state index contributed by atoms with van der Waals surface area (Å²) in [6, 6.07) is 9.79. The summed E-state index contributed by atoms with van der Waals surface area (Å²) >= 11 is 0. The fraction of sp³-hybridized carbons (Fsp3) is 0.333. The molecule has 0 radical (unpaired) electrons. The third-order valence-corrected chi connectivity index (χ3v) is 2.97. The summed E-state index contributed by atoms with van der Waals surface area (Å²) in [7, 11) is 0. The lowest BCUT2D eigenvalue weighted by Gasteiger charge is -2.17. The van der Waals surface area contributed by atoms with Crippen molar-refractivity contribution >= 4 is 0 Å². The topological polar surface area (TPSA) is 33.4 Å². The molecule has 0 aliphatic rings. The molecule has 1 heterocycles. The lowest BCUT2D eigenvalue weighted by atomic mass is 9.91. The van der Waals surface area contributed by atoms with Crippen molar-refractivity contribution in [1.29, 1.82) is 0 Å². The zero-order chi connectivity index (χ0) is 12.4. The van der Waals surface area contributed by atoms with Crippen LogP contribution in [-0.2, 0) is 0 Å². The predicted molar refractivity (Wildman–Crippen MR) is 68.0 cm³/mol. The minimum absolute atomic E-state index is 0.384. The van der Waals surface area contributed by atoms with Gasteiger partial charge in [-0.05, 0) is 36.1 Å². The quantitative estimate of drug-likeness (QED) is 0.870. The Morgan fingerprint density at radius 1 is 1.12 bits per heavy atom. The molecule has 0 bridgehead atoms. The van der Waals surface area contributed by atoms with Crippen LogP contribution in [0.25, 0.3) is 0 Å². The van der Waals surface area contributed by atoms with Crippen molar-refractivity contribution in [2.24, 2.45) is 0 Å². The van der Waals surface area contributed by atoms with Crippen molar-refractivity contribution in [1.82, 2.24) is 0 Å². The van der Waals surface area contributed by atoms with Gasteiger partial charge < -0.3 is 9.52 Å². The minimum atomic E-state index is -0.678. The van der Waals surface area contributed by atoms with E-state index in [0.717, 1.165) is 11.1 Å². The Bertz CT molecular complexity index is 484. The lowest BCUT2D eigenvalue weighted by molar-refractivity contribution is 0.188. The fourth-order valence-corrected chi connectivity index (χ4v) is 2.06. The summed E-state index contributed by atoms with van der Waals surface area (Å²) in [6.07, 6.45) is 0.908. The maximum absolute atomic E-state index is 10.3. The largest absolute Gasteiger partial charge is 0.466 e. The second-order valence-electron chi connectivity index (χ2n) is 4.71. The Morgan fingerprint density at radius 3 is 2.47 bits per heavy atom. The number of aliphatic hydroxyl groups excluding tert-OH is 1. The molecule has 2 rings (SSSR count). The van der Waals surface area contributed by atoms with Gasteiger partial charge in [0.1, 0.15) is 11.9 Å². The maximum Gasteiger partial charge on any atom is 0.137 e. The van der Waals surface area contributed by atoms with Crippen LogP contribution in [0, 0.1) is 6.92 Å². The molecule has 1 aromatic heterocycles. The van der Waals surface area contributed by atoms with Crippen LogP contribution in [0.15, 0.2) is 41.0 Å². The molecule has 2 nitrogen and oxygen atoms in total.